The Hall–Kier alpha value is -3.32. The Balaban J connectivity index is 1.82. The van der Waals surface area contributed by atoms with E-state index in [4.69, 9.17) is 18.6 Å². The third kappa shape index (κ3) is 5.12. The molecule has 7 heteroatoms. The largest absolute Gasteiger partial charge is 0.490 e. The smallest absolute Gasteiger partial charge is 0.290 e. The van der Waals surface area contributed by atoms with Crippen molar-refractivity contribution >= 4 is 16.9 Å². The van der Waals surface area contributed by atoms with E-state index < -0.39 is 6.04 Å². The van der Waals surface area contributed by atoms with Crippen LogP contribution in [0, 0.1) is 12.8 Å². The Labute approximate surface area is 212 Å². The Morgan fingerprint density at radius 3 is 2.56 bits per heavy atom. The van der Waals surface area contributed by atoms with E-state index in [2.05, 4.69) is 13.8 Å². The maximum Gasteiger partial charge on any atom is 0.290 e. The number of hydrogen-bond acceptors (Lipinski definition) is 6. The SMILES string of the molecule is CCOc1cc(C2c3c(oc4ccc(C)cc4c3=O)C(=O)N2CCCOC)ccc1OCCC(C)C. The number of fused-ring (bicyclic) bond motifs is 2. The van der Waals surface area contributed by atoms with E-state index in [-0.39, 0.29) is 17.1 Å². The third-order valence-corrected chi connectivity index (χ3v) is 6.40. The van der Waals surface area contributed by atoms with Gasteiger partial charge in [0.05, 0.1) is 30.2 Å². The van der Waals surface area contributed by atoms with E-state index in [1.807, 2.05) is 44.2 Å². The second-order valence-corrected chi connectivity index (χ2v) is 9.59. The van der Waals surface area contributed by atoms with E-state index in [9.17, 15) is 9.59 Å². The van der Waals surface area contributed by atoms with E-state index >= 15 is 0 Å². The summed E-state index contributed by atoms with van der Waals surface area (Å²) in [6, 6.07) is 10.5. The zero-order valence-electron chi connectivity index (χ0n) is 21.8. The molecule has 0 bridgehead atoms. The van der Waals surface area contributed by atoms with Crippen LogP contribution in [0.3, 0.4) is 0 Å². The molecule has 0 saturated heterocycles. The van der Waals surface area contributed by atoms with Gasteiger partial charge >= 0.3 is 0 Å². The fourth-order valence-electron chi connectivity index (χ4n) is 4.58. The van der Waals surface area contributed by atoms with Crippen molar-refractivity contribution in [3.05, 3.63) is 69.1 Å². The lowest BCUT2D eigenvalue weighted by Gasteiger charge is -2.26. The standard InChI is InChI=1S/C29H35NO6/c1-6-34-24-17-20(9-11-23(24)35-15-12-18(2)3)26-25-27(31)21-16-19(4)8-10-22(21)36-28(25)29(32)30(26)13-7-14-33-5/h8-11,16-18,26H,6-7,12-15H2,1-5H3. The van der Waals surface area contributed by atoms with Crippen molar-refractivity contribution in [2.45, 2.75) is 46.6 Å². The van der Waals surface area contributed by atoms with Crippen LogP contribution in [0.2, 0.25) is 0 Å². The van der Waals surface area contributed by atoms with Crippen molar-refractivity contribution in [2.75, 3.05) is 33.5 Å². The number of aryl methyl sites for hydroxylation is 1. The Morgan fingerprint density at radius 2 is 1.83 bits per heavy atom. The van der Waals surface area contributed by atoms with Gasteiger partial charge in [0.25, 0.3) is 5.91 Å². The molecule has 1 atom stereocenters. The number of benzene rings is 2. The molecule has 36 heavy (non-hydrogen) atoms. The summed E-state index contributed by atoms with van der Waals surface area (Å²) in [7, 11) is 1.63. The minimum atomic E-state index is -0.588. The molecule has 2 aromatic carbocycles. The van der Waals surface area contributed by atoms with E-state index in [1.165, 1.54) is 0 Å². The second kappa shape index (κ2) is 11.2. The fourth-order valence-corrected chi connectivity index (χ4v) is 4.58. The second-order valence-electron chi connectivity index (χ2n) is 9.59. The highest BCUT2D eigenvalue weighted by atomic mass is 16.5. The van der Waals surface area contributed by atoms with Crippen molar-refractivity contribution in [1.82, 2.24) is 4.90 Å². The molecule has 0 radical (unpaired) electrons. The number of ether oxygens (including phenoxy) is 3. The van der Waals surface area contributed by atoms with Crippen molar-refractivity contribution in [3.63, 3.8) is 0 Å². The molecule has 2 heterocycles. The van der Waals surface area contributed by atoms with Gasteiger partial charge in [0.15, 0.2) is 16.9 Å². The topological polar surface area (TPSA) is 78.2 Å². The molecule has 0 aliphatic carbocycles. The predicted molar refractivity (Wildman–Crippen MR) is 139 cm³/mol. The quantitative estimate of drug-likeness (QED) is 0.328. The molecule has 4 rings (SSSR count). The maximum absolute atomic E-state index is 13.7. The molecule has 1 aliphatic heterocycles. The molecule has 0 fully saturated rings. The van der Waals surface area contributed by atoms with E-state index in [1.54, 1.807) is 18.1 Å². The van der Waals surface area contributed by atoms with Crippen LogP contribution in [0.15, 0.2) is 45.6 Å². The zero-order valence-corrected chi connectivity index (χ0v) is 21.8. The minimum absolute atomic E-state index is 0.106. The van der Waals surface area contributed by atoms with Gasteiger partial charge in [-0.2, -0.15) is 0 Å². The first-order valence-corrected chi connectivity index (χ1v) is 12.6. The lowest BCUT2D eigenvalue weighted by molar-refractivity contribution is 0.0707. The molecule has 1 aliphatic rings. The Morgan fingerprint density at radius 1 is 1.03 bits per heavy atom. The summed E-state index contributed by atoms with van der Waals surface area (Å²) in [6.07, 6.45) is 1.56. The van der Waals surface area contributed by atoms with Gasteiger partial charge in [-0.1, -0.05) is 31.5 Å². The van der Waals surface area contributed by atoms with Gasteiger partial charge in [-0.3, -0.25) is 9.59 Å². The molecular weight excluding hydrogens is 458 g/mol. The number of methoxy groups -OCH3 is 1. The van der Waals surface area contributed by atoms with Crippen LogP contribution in [0.1, 0.15) is 66.9 Å². The lowest BCUT2D eigenvalue weighted by Crippen LogP contribution is -2.31. The van der Waals surface area contributed by atoms with Gasteiger partial charge in [-0.15, -0.1) is 0 Å². The average Bonchev–Trinajstić information content (AvgIpc) is 3.12. The normalized spacial score (nSPS) is 15.1. The number of hydrogen-bond donors (Lipinski definition) is 0. The van der Waals surface area contributed by atoms with Crippen LogP contribution in [-0.2, 0) is 4.74 Å². The zero-order chi connectivity index (χ0) is 25.8. The van der Waals surface area contributed by atoms with Gasteiger partial charge in [0.1, 0.15) is 5.58 Å². The Kier molecular flexibility index (Phi) is 7.99. The summed E-state index contributed by atoms with van der Waals surface area (Å²) in [4.78, 5) is 29.0. The van der Waals surface area contributed by atoms with Crippen LogP contribution in [0.4, 0.5) is 0 Å². The third-order valence-electron chi connectivity index (χ3n) is 6.40. The van der Waals surface area contributed by atoms with Crippen LogP contribution in [0.25, 0.3) is 11.0 Å². The van der Waals surface area contributed by atoms with Crippen molar-refractivity contribution in [2.24, 2.45) is 5.92 Å². The van der Waals surface area contributed by atoms with Crippen molar-refractivity contribution in [1.29, 1.82) is 0 Å². The highest BCUT2D eigenvalue weighted by Crippen LogP contribution is 2.41. The lowest BCUT2D eigenvalue weighted by atomic mass is 9.97. The summed E-state index contributed by atoms with van der Waals surface area (Å²) in [5.74, 6) is 1.59. The molecule has 192 valence electrons. The number of carbonyl (C=O) groups is 1. The minimum Gasteiger partial charge on any atom is -0.490 e. The number of rotatable bonds is 11. The monoisotopic (exact) mass is 493 g/mol. The van der Waals surface area contributed by atoms with Gasteiger partial charge in [0.2, 0.25) is 5.76 Å². The molecule has 1 aromatic heterocycles. The van der Waals surface area contributed by atoms with Crippen LogP contribution < -0.4 is 14.9 Å². The van der Waals surface area contributed by atoms with E-state index in [0.717, 1.165) is 17.5 Å². The van der Waals surface area contributed by atoms with E-state index in [0.29, 0.717) is 66.7 Å². The van der Waals surface area contributed by atoms with Gasteiger partial charge in [-0.25, -0.2) is 0 Å². The first kappa shape index (κ1) is 25.8. The van der Waals surface area contributed by atoms with Crippen molar-refractivity contribution in [3.8, 4) is 11.5 Å². The van der Waals surface area contributed by atoms with Gasteiger partial charge in [-0.05, 0) is 62.4 Å². The highest BCUT2D eigenvalue weighted by molar-refractivity contribution is 5.99. The first-order chi connectivity index (χ1) is 17.3. The van der Waals surface area contributed by atoms with Crippen LogP contribution >= 0.6 is 0 Å². The fraction of sp³-hybridized carbons (Fsp3) is 0.448. The Bertz CT molecular complexity index is 1290. The number of carbonyl (C=O) groups excluding carboxylic acids is 1. The molecule has 0 spiro atoms. The first-order valence-electron chi connectivity index (χ1n) is 12.6. The molecule has 0 N–H and O–H groups in total. The van der Waals surface area contributed by atoms with Gasteiger partial charge < -0.3 is 23.5 Å². The molecule has 0 saturated carbocycles. The summed E-state index contributed by atoms with van der Waals surface area (Å²) < 4.78 is 23.2. The average molecular weight is 494 g/mol. The molecule has 3 aromatic rings. The maximum atomic E-state index is 13.7. The molecule has 1 amide bonds. The predicted octanol–water partition coefficient (Wildman–Crippen LogP) is 5.51. The summed E-state index contributed by atoms with van der Waals surface area (Å²) in [5, 5.41) is 0.476. The summed E-state index contributed by atoms with van der Waals surface area (Å²) in [6.45, 7) is 10.1. The summed E-state index contributed by atoms with van der Waals surface area (Å²) >= 11 is 0. The van der Waals surface area contributed by atoms with Crippen molar-refractivity contribution < 1.29 is 23.4 Å². The van der Waals surface area contributed by atoms with Crippen LogP contribution in [0.5, 0.6) is 11.5 Å². The van der Waals surface area contributed by atoms with Crippen LogP contribution in [-0.4, -0.2) is 44.3 Å². The van der Waals surface area contributed by atoms with Gasteiger partial charge in [0, 0.05) is 20.3 Å². The molecular formula is C29H35NO6. The molecule has 1 unspecified atom stereocenters. The number of nitrogens with zero attached hydrogens (tertiary/aromatic N) is 1. The molecule has 7 nitrogen and oxygen atoms in total. The number of amides is 1. The summed E-state index contributed by atoms with van der Waals surface area (Å²) in [5.41, 5.74) is 2.33. The highest BCUT2D eigenvalue weighted by Gasteiger charge is 2.42.